The Labute approximate surface area is 202 Å². The molecule has 1 saturated heterocycles. The summed E-state index contributed by atoms with van der Waals surface area (Å²) in [6.07, 6.45) is 0. The molecule has 0 aliphatic carbocycles. The van der Waals surface area contributed by atoms with Gasteiger partial charge in [-0.2, -0.15) is 0 Å². The van der Waals surface area contributed by atoms with Crippen LogP contribution in [0.3, 0.4) is 0 Å². The number of methoxy groups -OCH3 is 1. The van der Waals surface area contributed by atoms with E-state index in [1.165, 1.54) is 11.9 Å². The monoisotopic (exact) mass is 474 g/mol. The van der Waals surface area contributed by atoms with E-state index in [0.29, 0.717) is 17.0 Å². The standard InChI is InChI=1S/C26H26N4O5/c1-26(19-9-8-17-6-4-5-7-18(17)14-19)24(33)30(25(34)28-26)16-23(32)29(2)15-22(31)27-20-10-12-21(35-3)13-11-20/h4-14H,15-16H2,1-3H3,(H,27,31)(H,28,34)/t26-/m0/s1. The van der Waals surface area contributed by atoms with Crippen molar-refractivity contribution in [3.63, 3.8) is 0 Å². The van der Waals surface area contributed by atoms with Crippen LogP contribution in [0.25, 0.3) is 10.8 Å². The van der Waals surface area contributed by atoms with E-state index in [0.717, 1.165) is 15.7 Å². The first-order chi connectivity index (χ1) is 16.7. The first-order valence-electron chi connectivity index (χ1n) is 11.0. The summed E-state index contributed by atoms with van der Waals surface area (Å²) in [6.45, 7) is 0.907. The summed E-state index contributed by atoms with van der Waals surface area (Å²) in [5.74, 6) is -0.827. The topological polar surface area (TPSA) is 108 Å². The van der Waals surface area contributed by atoms with Crippen molar-refractivity contribution in [1.82, 2.24) is 15.1 Å². The number of benzene rings is 3. The van der Waals surface area contributed by atoms with Crippen molar-refractivity contribution < 1.29 is 23.9 Å². The largest absolute Gasteiger partial charge is 0.497 e. The number of hydrogen-bond acceptors (Lipinski definition) is 5. The SMILES string of the molecule is COc1ccc(NC(=O)CN(C)C(=O)CN2C(=O)N[C@@](C)(c3ccc4ccccc4c3)C2=O)cc1. The Balaban J connectivity index is 1.40. The Hall–Kier alpha value is -4.40. The van der Waals surface area contributed by atoms with Crippen LogP contribution in [0.2, 0.25) is 0 Å². The zero-order chi connectivity index (χ0) is 25.2. The summed E-state index contributed by atoms with van der Waals surface area (Å²) in [5.41, 5.74) is -0.125. The smallest absolute Gasteiger partial charge is 0.325 e. The van der Waals surface area contributed by atoms with Crippen LogP contribution in [-0.4, -0.2) is 60.8 Å². The van der Waals surface area contributed by atoms with Gasteiger partial charge in [0.15, 0.2) is 0 Å². The van der Waals surface area contributed by atoms with Gasteiger partial charge in [-0.15, -0.1) is 0 Å². The molecule has 180 valence electrons. The molecule has 9 heteroatoms. The molecule has 2 N–H and O–H groups in total. The predicted octanol–water partition coefficient (Wildman–Crippen LogP) is 2.71. The van der Waals surface area contributed by atoms with Crippen LogP contribution in [0.5, 0.6) is 5.75 Å². The van der Waals surface area contributed by atoms with Gasteiger partial charge < -0.3 is 20.3 Å². The number of carbonyl (C=O) groups excluding carboxylic acids is 4. The van der Waals surface area contributed by atoms with Crippen LogP contribution < -0.4 is 15.4 Å². The van der Waals surface area contributed by atoms with Crippen molar-refractivity contribution in [2.45, 2.75) is 12.5 Å². The molecule has 1 aliphatic rings. The zero-order valence-electron chi connectivity index (χ0n) is 19.7. The van der Waals surface area contributed by atoms with Gasteiger partial charge in [0, 0.05) is 12.7 Å². The highest BCUT2D eigenvalue weighted by atomic mass is 16.5. The first-order valence-corrected chi connectivity index (χ1v) is 11.0. The van der Waals surface area contributed by atoms with E-state index in [-0.39, 0.29) is 6.54 Å². The summed E-state index contributed by atoms with van der Waals surface area (Å²) in [7, 11) is 2.99. The fourth-order valence-corrected chi connectivity index (χ4v) is 3.97. The van der Waals surface area contributed by atoms with Crippen molar-refractivity contribution in [2.75, 3.05) is 32.6 Å². The number of amides is 5. The van der Waals surface area contributed by atoms with Crippen LogP contribution in [0.4, 0.5) is 10.5 Å². The number of carbonyl (C=O) groups is 4. The number of nitrogens with one attached hydrogen (secondary N) is 2. The number of nitrogens with zero attached hydrogens (tertiary/aromatic N) is 2. The van der Waals surface area contributed by atoms with Crippen molar-refractivity contribution >= 4 is 40.2 Å². The Bertz CT molecular complexity index is 1310. The molecule has 1 atom stereocenters. The van der Waals surface area contributed by atoms with E-state index in [1.54, 1.807) is 44.4 Å². The maximum absolute atomic E-state index is 13.2. The molecule has 35 heavy (non-hydrogen) atoms. The third-order valence-corrected chi connectivity index (χ3v) is 6.08. The molecule has 0 aromatic heterocycles. The Morgan fingerprint density at radius 1 is 1.03 bits per heavy atom. The highest BCUT2D eigenvalue weighted by Gasteiger charge is 2.49. The molecule has 0 unspecified atom stereocenters. The second kappa shape index (κ2) is 9.46. The molecular weight excluding hydrogens is 448 g/mol. The lowest BCUT2D eigenvalue weighted by molar-refractivity contribution is -0.139. The maximum atomic E-state index is 13.2. The van der Waals surface area contributed by atoms with E-state index in [9.17, 15) is 19.2 Å². The molecule has 0 bridgehead atoms. The second-order valence-corrected chi connectivity index (χ2v) is 8.53. The van der Waals surface area contributed by atoms with E-state index in [1.807, 2.05) is 36.4 Å². The van der Waals surface area contributed by atoms with Gasteiger partial charge in [-0.1, -0.05) is 36.4 Å². The number of rotatable bonds is 7. The number of likely N-dealkylation sites (N-methyl/N-ethyl adjacent to an activating group) is 1. The molecule has 0 radical (unpaired) electrons. The van der Waals surface area contributed by atoms with Crippen LogP contribution in [-0.2, 0) is 19.9 Å². The number of urea groups is 1. The Kier molecular flexibility index (Phi) is 6.42. The molecule has 5 amide bonds. The minimum atomic E-state index is -1.30. The third kappa shape index (κ3) is 4.79. The quantitative estimate of drug-likeness (QED) is 0.512. The van der Waals surface area contributed by atoms with Gasteiger partial charge in [0.05, 0.1) is 13.7 Å². The summed E-state index contributed by atoms with van der Waals surface area (Å²) in [6, 6.07) is 19.4. The molecule has 1 aliphatic heterocycles. The Morgan fingerprint density at radius 3 is 2.40 bits per heavy atom. The zero-order valence-corrected chi connectivity index (χ0v) is 19.7. The molecule has 9 nitrogen and oxygen atoms in total. The van der Waals surface area contributed by atoms with E-state index < -0.39 is 35.8 Å². The van der Waals surface area contributed by atoms with Gasteiger partial charge in [-0.05, 0) is 53.6 Å². The average Bonchev–Trinajstić information content (AvgIpc) is 3.07. The Morgan fingerprint density at radius 2 is 1.71 bits per heavy atom. The fraction of sp³-hybridized carbons (Fsp3) is 0.231. The van der Waals surface area contributed by atoms with E-state index in [4.69, 9.17) is 4.74 Å². The normalized spacial score (nSPS) is 17.3. The molecule has 1 heterocycles. The summed E-state index contributed by atoms with van der Waals surface area (Å²) < 4.78 is 5.08. The van der Waals surface area contributed by atoms with Gasteiger partial charge in [0.2, 0.25) is 11.8 Å². The van der Waals surface area contributed by atoms with Crippen molar-refractivity contribution in [1.29, 1.82) is 0 Å². The minimum Gasteiger partial charge on any atom is -0.497 e. The third-order valence-electron chi connectivity index (χ3n) is 6.08. The molecule has 1 fully saturated rings. The second-order valence-electron chi connectivity index (χ2n) is 8.53. The summed E-state index contributed by atoms with van der Waals surface area (Å²) in [4.78, 5) is 53.0. The molecule has 0 saturated carbocycles. The lowest BCUT2D eigenvalue weighted by Crippen LogP contribution is -2.45. The number of fused-ring (bicyclic) bond motifs is 1. The number of ether oxygens (including phenoxy) is 1. The van der Waals surface area contributed by atoms with Crippen molar-refractivity contribution in [3.8, 4) is 5.75 Å². The summed E-state index contributed by atoms with van der Waals surface area (Å²) >= 11 is 0. The molecular formula is C26H26N4O5. The number of anilines is 1. The highest BCUT2D eigenvalue weighted by Crippen LogP contribution is 2.31. The van der Waals surface area contributed by atoms with Crippen LogP contribution >= 0.6 is 0 Å². The first kappa shape index (κ1) is 23.7. The molecule has 0 spiro atoms. The van der Waals surface area contributed by atoms with Crippen LogP contribution in [0, 0.1) is 0 Å². The molecule has 3 aromatic carbocycles. The number of hydrogen-bond donors (Lipinski definition) is 2. The maximum Gasteiger partial charge on any atom is 0.325 e. The molecule has 4 rings (SSSR count). The van der Waals surface area contributed by atoms with Gasteiger partial charge in [-0.25, -0.2) is 4.79 Å². The van der Waals surface area contributed by atoms with Crippen LogP contribution in [0.15, 0.2) is 66.7 Å². The highest BCUT2D eigenvalue weighted by molar-refractivity contribution is 6.09. The van der Waals surface area contributed by atoms with Gasteiger partial charge >= 0.3 is 6.03 Å². The lowest BCUT2D eigenvalue weighted by atomic mass is 9.90. The van der Waals surface area contributed by atoms with Crippen molar-refractivity contribution in [2.24, 2.45) is 0 Å². The summed E-state index contributed by atoms with van der Waals surface area (Å²) in [5, 5.41) is 7.35. The average molecular weight is 475 g/mol. The van der Waals surface area contributed by atoms with E-state index in [2.05, 4.69) is 10.6 Å². The van der Waals surface area contributed by atoms with Gasteiger partial charge in [0.25, 0.3) is 5.91 Å². The van der Waals surface area contributed by atoms with E-state index >= 15 is 0 Å². The van der Waals surface area contributed by atoms with Gasteiger partial charge in [0.1, 0.15) is 17.8 Å². The predicted molar refractivity (Wildman–Crippen MR) is 131 cm³/mol. The number of imide groups is 1. The fourth-order valence-electron chi connectivity index (χ4n) is 3.97. The van der Waals surface area contributed by atoms with Crippen LogP contribution in [0.1, 0.15) is 12.5 Å². The molecule has 3 aromatic rings. The van der Waals surface area contributed by atoms with Crippen molar-refractivity contribution in [3.05, 3.63) is 72.3 Å². The lowest BCUT2D eigenvalue weighted by Gasteiger charge is -2.23. The minimum absolute atomic E-state index is 0.240. The van der Waals surface area contributed by atoms with Gasteiger partial charge in [-0.3, -0.25) is 19.3 Å².